The molecule has 0 spiro atoms. The van der Waals surface area contributed by atoms with Gasteiger partial charge < -0.3 is 10.4 Å². The number of aromatic carboxylic acids is 1. The lowest BCUT2D eigenvalue weighted by atomic mass is 9.82. The number of anilines is 1. The van der Waals surface area contributed by atoms with Gasteiger partial charge in [0, 0.05) is 17.3 Å². The number of hydrogen-bond acceptors (Lipinski definition) is 2. The van der Waals surface area contributed by atoms with Crippen LogP contribution in [0.25, 0.3) is 0 Å². The molecule has 1 rings (SSSR count). The van der Waals surface area contributed by atoms with Crippen LogP contribution in [0.5, 0.6) is 0 Å². The second-order valence-electron chi connectivity index (χ2n) is 5.64. The molecule has 0 fully saturated rings. The molecule has 0 saturated heterocycles. The topological polar surface area (TPSA) is 49.3 Å². The summed E-state index contributed by atoms with van der Waals surface area (Å²) in [6.45, 7) is 9.37. The van der Waals surface area contributed by atoms with E-state index in [0.717, 1.165) is 6.54 Å². The van der Waals surface area contributed by atoms with E-state index in [0.29, 0.717) is 16.6 Å². The van der Waals surface area contributed by atoms with Gasteiger partial charge in [0.1, 0.15) is 0 Å². The van der Waals surface area contributed by atoms with Crippen molar-refractivity contribution in [3.8, 4) is 0 Å². The third-order valence-electron chi connectivity index (χ3n) is 3.29. The average Bonchev–Trinajstić information content (AvgIpc) is 2.25. The molecule has 0 saturated carbocycles. The minimum atomic E-state index is -0.969. The van der Waals surface area contributed by atoms with Crippen molar-refractivity contribution < 1.29 is 9.90 Å². The highest BCUT2D eigenvalue weighted by Gasteiger charge is 2.20. The van der Waals surface area contributed by atoms with E-state index in [-0.39, 0.29) is 11.0 Å². The minimum Gasteiger partial charge on any atom is -0.478 e. The molecule has 18 heavy (non-hydrogen) atoms. The Morgan fingerprint density at radius 1 is 1.44 bits per heavy atom. The van der Waals surface area contributed by atoms with Crippen molar-refractivity contribution in [2.24, 2.45) is 11.3 Å². The zero-order valence-corrected chi connectivity index (χ0v) is 12.0. The van der Waals surface area contributed by atoms with Crippen molar-refractivity contribution in [1.29, 1.82) is 0 Å². The maximum atomic E-state index is 11.1. The van der Waals surface area contributed by atoms with Crippen LogP contribution in [0.15, 0.2) is 18.2 Å². The molecule has 0 aromatic heterocycles. The summed E-state index contributed by atoms with van der Waals surface area (Å²) in [7, 11) is 0. The molecule has 1 aromatic carbocycles. The van der Waals surface area contributed by atoms with E-state index in [1.165, 1.54) is 6.07 Å². The van der Waals surface area contributed by atoms with Crippen molar-refractivity contribution in [3.05, 3.63) is 28.8 Å². The molecule has 0 bridgehead atoms. The summed E-state index contributed by atoms with van der Waals surface area (Å²) in [6.07, 6.45) is 0. The van der Waals surface area contributed by atoms with Crippen LogP contribution in [0.4, 0.5) is 5.69 Å². The Hall–Kier alpha value is -1.22. The molecule has 0 heterocycles. The number of hydrogen-bond donors (Lipinski definition) is 2. The monoisotopic (exact) mass is 269 g/mol. The molecular formula is C14H20ClNO2. The summed E-state index contributed by atoms with van der Waals surface area (Å²) in [6, 6.07) is 4.87. The fourth-order valence-electron chi connectivity index (χ4n) is 1.42. The number of carboxylic acids is 1. The zero-order chi connectivity index (χ0) is 13.9. The Morgan fingerprint density at radius 2 is 2.06 bits per heavy atom. The molecule has 0 aliphatic rings. The number of halogens is 1. The lowest BCUT2D eigenvalue weighted by molar-refractivity contribution is 0.0698. The van der Waals surface area contributed by atoms with Gasteiger partial charge in [-0.3, -0.25) is 0 Å². The number of carboxylic acid groups (broad SMARTS) is 1. The van der Waals surface area contributed by atoms with Crippen LogP contribution in [0.3, 0.4) is 0 Å². The van der Waals surface area contributed by atoms with Crippen LogP contribution in [0, 0.1) is 11.3 Å². The Labute approximate surface area is 113 Å². The van der Waals surface area contributed by atoms with Crippen LogP contribution in [0.2, 0.25) is 5.02 Å². The van der Waals surface area contributed by atoms with Gasteiger partial charge >= 0.3 is 5.97 Å². The van der Waals surface area contributed by atoms with E-state index >= 15 is 0 Å². The highest BCUT2D eigenvalue weighted by atomic mass is 35.5. The quantitative estimate of drug-likeness (QED) is 0.864. The van der Waals surface area contributed by atoms with Gasteiger partial charge in [0.25, 0.3) is 0 Å². The van der Waals surface area contributed by atoms with Crippen molar-refractivity contribution in [2.45, 2.75) is 27.7 Å². The lowest BCUT2D eigenvalue weighted by Gasteiger charge is -2.28. The minimum absolute atomic E-state index is 0.183. The second-order valence-corrected chi connectivity index (χ2v) is 6.08. The second kappa shape index (κ2) is 5.61. The van der Waals surface area contributed by atoms with Crippen LogP contribution in [0.1, 0.15) is 38.1 Å². The van der Waals surface area contributed by atoms with Gasteiger partial charge in [0.2, 0.25) is 0 Å². The molecule has 0 aliphatic heterocycles. The Morgan fingerprint density at radius 3 is 2.56 bits per heavy atom. The molecule has 2 N–H and O–H groups in total. The summed E-state index contributed by atoms with van der Waals surface area (Å²) in [4.78, 5) is 11.1. The third-order valence-corrected chi connectivity index (χ3v) is 3.52. The van der Waals surface area contributed by atoms with Gasteiger partial charge in [-0.1, -0.05) is 39.3 Å². The van der Waals surface area contributed by atoms with E-state index in [9.17, 15) is 4.79 Å². The van der Waals surface area contributed by atoms with Crippen molar-refractivity contribution in [1.82, 2.24) is 0 Å². The molecular weight excluding hydrogens is 250 g/mol. The summed E-state index contributed by atoms with van der Waals surface area (Å²) in [5, 5.41) is 12.7. The Bertz CT molecular complexity index is 438. The number of rotatable bonds is 4. The molecule has 1 atom stereocenters. The van der Waals surface area contributed by atoms with Gasteiger partial charge in [-0.05, 0) is 29.5 Å². The van der Waals surface area contributed by atoms with E-state index in [4.69, 9.17) is 16.7 Å². The first-order valence-corrected chi connectivity index (χ1v) is 6.36. The average molecular weight is 270 g/mol. The summed E-state index contributed by atoms with van der Waals surface area (Å²) >= 11 is 5.81. The Kier molecular flexibility index (Phi) is 4.63. The molecule has 4 heteroatoms. The lowest BCUT2D eigenvalue weighted by Crippen LogP contribution is -2.25. The van der Waals surface area contributed by atoms with Gasteiger partial charge in [-0.15, -0.1) is 0 Å². The van der Waals surface area contributed by atoms with E-state index in [1.54, 1.807) is 12.1 Å². The molecule has 0 amide bonds. The van der Waals surface area contributed by atoms with Crippen molar-refractivity contribution in [2.75, 3.05) is 11.9 Å². The van der Waals surface area contributed by atoms with Crippen LogP contribution in [-0.4, -0.2) is 17.6 Å². The SMILES string of the molecule is CC(CNc1ccc(Cl)cc1C(=O)O)C(C)(C)C. The maximum absolute atomic E-state index is 11.1. The normalized spacial score (nSPS) is 13.2. The summed E-state index contributed by atoms with van der Waals surface area (Å²) in [5.74, 6) is -0.543. The van der Waals surface area contributed by atoms with Gasteiger partial charge in [0.05, 0.1) is 5.56 Å². The molecule has 1 unspecified atom stereocenters. The number of benzene rings is 1. The smallest absolute Gasteiger partial charge is 0.337 e. The fraction of sp³-hybridized carbons (Fsp3) is 0.500. The van der Waals surface area contributed by atoms with E-state index in [1.807, 2.05) is 0 Å². The fourth-order valence-corrected chi connectivity index (χ4v) is 1.59. The maximum Gasteiger partial charge on any atom is 0.337 e. The number of carbonyl (C=O) groups is 1. The predicted octanol–water partition coefficient (Wildman–Crippen LogP) is 4.13. The largest absolute Gasteiger partial charge is 0.478 e. The van der Waals surface area contributed by atoms with Crippen LogP contribution < -0.4 is 5.32 Å². The molecule has 3 nitrogen and oxygen atoms in total. The number of nitrogens with one attached hydrogen (secondary N) is 1. The van der Waals surface area contributed by atoms with Gasteiger partial charge in [-0.2, -0.15) is 0 Å². The van der Waals surface area contributed by atoms with Crippen LogP contribution >= 0.6 is 11.6 Å². The molecule has 100 valence electrons. The van der Waals surface area contributed by atoms with Gasteiger partial charge in [0.15, 0.2) is 0 Å². The first-order valence-electron chi connectivity index (χ1n) is 5.98. The first kappa shape index (κ1) is 14.8. The van der Waals surface area contributed by atoms with Crippen LogP contribution in [-0.2, 0) is 0 Å². The highest BCUT2D eigenvalue weighted by molar-refractivity contribution is 6.31. The summed E-state index contributed by atoms with van der Waals surface area (Å²) < 4.78 is 0. The molecule has 1 aromatic rings. The Balaban J connectivity index is 2.82. The predicted molar refractivity (Wildman–Crippen MR) is 75.5 cm³/mol. The van der Waals surface area contributed by atoms with E-state index in [2.05, 4.69) is 33.0 Å². The van der Waals surface area contributed by atoms with Crippen molar-refractivity contribution >= 4 is 23.3 Å². The molecule has 0 radical (unpaired) electrons. The highest BCUT2D eigenvalue weighted by Crippen LogP contribution is 2.27. The summed E-state index contributed by atoms with van der Waals surface area (Å²) in [5.41, 5.74) is 1.01. The zero-order valence-electron chi connectivity index (χ0n) is 11.2. The van der Waals surface area contributed by atoms with E-state index < -0.39 is 5.97 Å². The third kappa shape index (κ3) is 3.91. The standard InChI is InChI=1S/C14H20ClNO2/c1-9(14(2,3)4)8-16-12-6-5-10(15)7-11(12)13(17)18/h5-7,9,16H,8H2,1-4H3,(H,17,18). The van der Waals surface area contributed by atoms with Gasteiger partial charge in [-0.25, -0.2) is 4.79 Å². The van der Waals surface area contributed by atoms with Crippen molar-refractivity contribution in [3.63, 3.8) is 0 Å². The first-order chi connectivity index (χ1) is 8.21. The molecule has 0 aliphatic carbocycles.